The Labute approximate surface area is 115 Å². The van der Waals surface area contributed by atoms with Crippen molar-refractivity contribution in [2.45, 2.75) is 25.9 Å². The molecule has 1 aromatic carbocycles. The molecule has 3 nitrogen and oxygen atoms in total. The Morgan fingerprint density at radius 3 is 2.94 bits per heavy atom. The molecule has 0 fully saturated rings. The molecule has 18 heavy (non-hydrogen) atoms. The molecule has 2 aromatic rings. The summed E-state index contributed by atoms with van der Waals surface area (Å²) in [5, 5.41) is 3.44. The molecule has 1 unspecified atom stereocenters. The van der Waals surface area contributed by atoms with Gasteiger partial charge in [0.1, 0.15) is 0 Å². The molecule has 0 spiro atoms. The van der Waals surface area contributed by atoms with E-state index in [1.807, 2.05) is 6.33 Å². The van der Waals surface area contributed by atoms with E-state index in [0.29, 0.717) is 6.04 Å². The molecule has 3 rings (SSSR count). The molecule has 1 N–H and O–H groups in total. The Morgan fingerprint density at radius 2 is 2.17 bits per heavy atom. The van der Waals surface area contributed by atoms with E-state index in [-0.39, 0.29) is 0 Å². The second-order valence-corrected chi connectivity index (χ2v) is 5.67. The summed E-state index contributed by atoms with van der Waals surface area (Å²) in [5.41, 5.74) is 3.90. The molecule has 94 valence electrons. The SMILES string of the molecule is CC1NCCc2c1ncn2Cc1ccc(Br)cc1. The number of imidazole rings is 1. The minimum Gasteiger partial charge on any atom is -0.330 e. The Bertz CT molecular complexity index is 545. The second kappa shape index (κ2) is 4.86. The minimum absolute atomic E-state index is 0.375. The van der Waals surface area contributed by atoms with Gasteiger partial charge < -0.3 is 9.88 Å². The maximum Gasteiger partial charge on any atom is 0.0955 e. The Balaban J connectivity index is 1.87. The van der Waals surface area contributed by atoms with Crippen molar-refractivity contribution in [2.24, 2.45) is 0 Å². The van der Waals surface area contributed by atoms with Crippen LogP contribution in [-0.4, -0.2) is 16.1 Å². The topological polar surface area (TPSA) is 29.9 Å². The van der Waals surface area contributed by atoms with E-state index in [2.05, 4.69) is 62.0 Å². The molecule has 0 aliphatic carbocycles. The van der Waals surface area contributed by atoms with Crippen LogP contribution in [0.3, 0.4) is 0 Å². The normalized spacial score (nSPS) is 18.7. The fourth-order valence-corrected chi connectivity index (χ4v) is 2.75. The molecule has 4 heteroatoms. The van der Waals surface area contributed by atoms with Crippen LogP contribution in [-0.2, 0) is 13.0 Å². The third-order valence-corrected chi connectivity index (χ3v) is 4.00. The summed E-state index contributed by atoms with van der Waals surface area (Å²) in [6.45, 7) is 4.12. The van der Waals surface area contributed by atoms with Crippen molar-refractivity contribution < 1.29 is 0 Å². The van der Waals surface area contributed by atoms with Crippen LogP contribution in [0.1, 0.15) is 29.9 Å². The number of nitrogens with zero attached hydrogens (tertiary/aromatic N) is 2. The first kappa shape index (κ1) is 11.9. The third kappa shape index (κ3) is 2.22. The third-order valence-electron chi connectivity index (χ3n) is 3.47. The zero-order valence-corrected chi connectivity index (χ0v) is 11.9. The summed E-state index contributed by atoms with van der Waals surface area (Å²) in [7, 11) is 0. The van der Waals surface area contributed by atoms with Crippen LogP contribution < -0.4 is 5.32 Å². The van der Waals surface area contributed by atoms with Gasteiger partial charge in [0.15, 0.2) is 0 Å². The average Bonchev–Trinajstić information content (AvgIpc) is 2.77. The summed E-state index contributed by atoms with van der Waals surface area (Å²) in [6, 6.07) is 8.85. The van der Waals surface area contributed by atoms with Crippen LogP contribution in [0.5, 0.6) is 0 Å². The highest BCUT2D eigenvalue weighted by Crippen LogP contribution is 2.22. The number of halogens is 1. The number of aromatic nitrogens is 2. The van der Waals surface area contributed by atoms with Gasteiger partial charge in [-0.25, -0.2) is 4.98 Å². The van der Waals surface area contributed by atoms with Gasteiger partial charge in [-0.3, -0.25) is 0 Å². The summed E-state index contributed by atoms with van der Waals surface area (Å²) in [6.07, 6.45) is 3.03. The van der Waals surface area contributed by atoms with Crippen molar-refractivity contribution in [1.29, 1.82) is 0 Å². The fourth-order valence-electron chi connectivity index (χ4n) is 2.48. The molecule has 0 amide bonds. The van der Waals surface area contributed by atoms with Crippen molar-refractivity contribution in [2.75, 3.05) is 6.54 Å². The maximum atomic E-state index is 4.54. The summed E-state index contributed by atoms with van der Waals surface area (Å²) < 4.78 is 3.40. The first-order valence-electron chi connectivity index (χ1n) is 6.26. The zero-order chi connectivity index (χ0) is 12.5. The van der Waals surface area contributed by atoms with Gasteiger partial charge in [0.05, 0.1) is 12.0 Å². The van der Waals surface area contributed by atoms with Crippen molar-refractivity contribution >= 4 is 15.9 Å². The van der Waals surface area contributed by atoms with Crippen LogP contribution in [0.2, 0.25) is 0 Å². The predicted molar refractivity (Wildman–Crippen MR) is 75.6 cm³/mol. The Hall–Kier alpha value is -1.13. The number of benzene rings is 1. The molecule has 2 heterocycles. The van der Waals surface area contributed by atoms with E-state index in [1.165, 1.54) is 17.0 Å². The van der Waals surface area contributed by atoms with E-state index in [4.69, 9.17) is 0 Å². The quantitative estimate of drug-likeness (QED) is 0.924. The van der Waals surface area contributed by atoms with Gasteiger partial charge in [0.2, 0.25) is 0 Å². The molecule has 0 saturated heterocycles. The van der Waals surface area contributed by atoms with Gasteiger partial charge in [0, 0.05) is 35.7 Å². The molecule has 1 atom stereocenters. The van der Waals surface area contributed by atoms with Crippen LogP contribution in [0.15, 0.2) is 35.1 Å². The molecule has 1 aliphatic heterocycles. The van der Waals surface area contributed by atoms with Gasteiger partial charge in [-0.1, -0.05) is 28.1 Å². The Kier molecular flexibility index (Phi) is 3.22. The molecular formula is C14H16BrN3. The van der Waals surface area contributed by atoms with Crippen molar-refractivity contribution in [3.63, 3.8) is 0 Å². The highest BCUT2D eigenvalue weighted by atomic mass is 79.9. The van der Waals surface area contributed by atoms with E-state index in [1.54, 1.807) is 0 Å². The second-order valence-electron chi connectivity index (χ2n) is 4.76. The molecule has 1 aromatic heterocycles. The summed E-state index contributed by atoms with van der Waals surface area (Å²) in [5.74, 6) is 0. The summed E-state index contributed by atoms with van der Waals surface area (Å²) in [4.78, 5) is 4.54. The van der Waals surface area contributed by atoms with E-state index in [9.17, 15) is 0 Å². The lowest BCUT2D eigenvalue weighted by atomic mass is 10.1. The molecular weight excluding hydrogens is 290 g/mol. The molecule has 0 radical (unpaired) electrons. The first-order chi connectivity index (χ1) is 8.74. The van der Waals surface area contributed by atoms with Crippen molar-refractivity contribution in [3.8, 4) is 0 Å². The zero-order valence-electron chi connectivity index (χ0n) is 10.4. The average molecular weight is 306 g/mol. The highest BCUT2D eigenvalue weighted by molar-refractivity contribution is 9.10. The van der Waals surface area contributed by atoms with Gasteiger partial charge in [-0.05, 0) is 24.6 Å². The molecule has 0 bridgehead atoms. The maximum absolute atomic E-state index is 4.54. The summed E-state index contributed by atoms with van der Waals surface area (Å²) >= 11 is 3.46. The lowest BCUT2D eigenvalue weighted by Gasteiger charge is -2.21. The van der Waals surface area contributed by atoms with Crippen LogP contribution in [0.25, 0.3) is 0 Å². The van der Waals surface area contributed by atoms with Crippen LogP contribution in [0, 0.1) is 0 Å². The van der Waals surface area contributed by atoms with E-state index in [0.717, 1.165) is 24.0 Å². The van der Waals surface area contributed by atoms with Crippen molar-refractivity contribution in [3.05, 3.63) is 52.0 Å². The number of rotatable bonds is 2. The highest BCUT2D eigenvalue weighted by Gasteiger charge is 2.20. The van der Waals surface area contributed by atoms with E-state index >= 15 is 0 Å². The van der Waals surface area contributed by atoms with Crippen LogP contribution >= 0.6 is 15.9 Å². The largest absolute Gasteiger partial charge is 0.330 e. The number of hydrogen-bond acceptors (Lipinski definition) is 2. The van der Waals surface area contributed by atoms with E-state index < -0.39 is 0 Å². The smallest absolute Gasteiger partial charge is 0.0955 e. The Morgan fingerprint density at radius 1 is 1.39 bits per heavy atom. The minimum atomic E-state index is 0.375. The van der Waals surface area contributed by atoms with Gasteiger partial charge >= 0.3 is 0 Å². The lowest BCUT2D eigenvalue weighted by Crippen LogP contribution is -2.29. The van der Waals surface area contributed by atoms with Crippen LogP contribution in [0.4, 0.5) is 0 Å². The number of nitrogens with one attached hydrogen (secondary N) is 1. The lowest BCUT2D eigenvalue weighted by molar-refractivity contribution is 0.516. The van der Waals surface area contributed by atoms with Gasteiger partial charge in [0.25, 0.3) is 0 Å². The van der Waals surface area contributed by atoms with Crippen molar-refractivity contribution in [1.82, 2.24) is 14.9 Å². The standard InChI is InChI=1S/C14H16BrN3/c1-10-14-13(6-7-16-10)18(9-17-14)8-11-2-4-12(15)5-3-11/h2-5,9-10,16H,6-8H2,1H3. The predicted octanol–water partition coefficient (Wildman–Crippen LogP) is 2.90. The number of hydrogen-bond donors (Lipinski definition) is 1. The monoisotopic (exact) mass is 305 g/mol. The van der Waals surface area contributed by atoms with Gasteiger partial charge in [-0.2, -0.15) is 0 Å². The van der Waals surface area contributed by atoms with Gasteiger partial charge in [-0.15, -0.1) is 0 Å². The fraction of sp³-hybridized carbons (Fsp3) is 0.357. The molecule has 0 saturated carbocycles. The number of fused-ring (bicyclic) bond motifs is 1. The molecule has 1 aliphatic rings. The first-order valence-corrected chi connectivity index (χ1v) is 7.05.